The van der Waals surface area contributed by atoms with Crippen LogP contribution in [-0.4, -0.2) is 47.2 Å². The Balaban J connectivity index is 1.65. The number of nitrogens with one attached hydrogen (secondary N) is 2. The molecule has 3 aromatic rings. The van der Waals surface area contributed by atoms with Gasteiger partial charge in [-0.2, -0.15) is 0 Å². The smallest absolute Gasteiger partial charge is 0.322 e. The molecule has 1 aromatic heterocycles. The number of nitrogens with zero attached hydrogens (tertiary/aromatic N) is 2. The SMILES string of the molecule is COc1ccc(NC(=O)N(CCCO)Cc2ccc(C(=O)Nc3ccccc3N)nc2)cc1. The molecule has 9 heteroatoms. The predicted molar refractivity (Wildman–Crippen MR) is 127 cm³/mol. The van der Waals surface area contributed by atoms with Crippen LogP contribution >= 0.6 is 0 Å². The molecule has 0 aliphatic heterocycles. The average molecular weight is 450 g/mol. The maximum Gasteiger partial charge on any atom is 0.322 e. The Morgan fingerprint density at radius 2 is 1.82 bits per heavy atom. The van der Waals surface area contributed by atoms with Crippen LogP contribution in [0.1, 0.15) is 22.5 Å². The largest absolute Gasteiger partial charge is 0.497 e. The Morgan fingerprint density at radius 3 is 2.45 bits per heavy atom. The lowest BCUT2D eigenvalue weighted by molar-refractivity contribution is 0.102. The Morgan fingerprint density at radius 1 is 1.06 bits per heavy atom. The maximum atomic E-state index is 12.8. The molecule has 0 bridgehead atoms. The normalized spacial score (nSPS) is 10.4. The van der Waals surface area contributed by atoms with Crippen LogP contribution in [0.3, 0.4) is 0 Å². The van der Waals surface area contributed by atoms with Gasteiger partial charge in [0.1, 0.15) is 11.4 Å². The number of nitrogens with two attached hydrogens (primary N) is 1. The van der Waals surface area contributed by atoms with Crippen LogP contribution in [0, 0.1) is 0 Å². The van der Waals surface area contributed by atoms with Gasteiger partial charge in [-0.15, -0.1) is 0 Å². The van der Waals surface area contributed by atoms with E-state index in [1.54, 1.807) is 78.9 Å². The third-order valence-corrected chi connectivity index (χ3v) is 4.85. The molecule has 0 saturated heterocycles. The quantitative estimate of drug-likeness (QED) is 0.371. The summed E-state index contributed by atoms with van der Waals surface area (Å²) in [5, 5.41) is 14.8. The number of pyridine rings is 1. The molecule has 5 N–H and O–H groups in total. The molecule has 1 heterocycles. The van der Waals surface area contributed by atoms with E-state index in [0.29, 0.717) is 35.8 Å². The molecular formula is C24H27N5O4. The summed E-state index contributed by atoms with van der Waals surface area (Å²) in [5.74, 6) is 0.309. The van der Waals surface area contributed by atoms with Gasteiger partial charge in [-0.3, -0.25) is 9.78 Å². The number of nitrogen functional groups attached to an aromatic ring is 1. The number of aliphatic hydroxyl groups is 1. The van der Waals surface area contributed by atoms with Gasteiger partial charge >= 0.3 is 6.03 Å². The van der Waals surface area contributed by atoms with E-state index in [-0.39, 0.29) is 30.8 Å². The number of anilines is 3. The van der Waals surface area contributed by atoms with Gasteiger partial charge in [0, 0.05) is 31.6 Å². The van der Waals surface area contributed by atoms with Crippen molar-refractivity contribution in [1.29, 1.82) is 0 Å². The summed E-state index contributed by atoms with van der Waals surface area (Å²) in [6.07, 6.45) is 1.98. The molecule has 0 spiro atoms. The van der Waals surface area contributed by atoms with Crippen molar-refractivity contribution >= 4 is 29.0 Å². The second-order valence-corrected chi connectivity index (χ2v) is 7.25. The maximum absolute atomic E-state index is 12.8. The van der Waals surface area contributed by atoms with Crippen LogP contribution in [0.25, 0.3) is 0 Å². The first-order valence-corrected chi connectivity index (χ1v) is 10.4. The van der Waals surface area contributed by atoms with Crippen molar-refractivity contribution in [2.45, 2.75) is 13.0 Å². The lowest BCUT2D eigenvalue weighted by atomic mass is 10.2. The zero-order chi connectivity index (χ0) is 23.6. The number of hydrogen-bond acceptors (Lipinski definition) is 6. The van der Waals surface area contributed by atoms with Crippen LogP contribution in [0.4, 0.5) is 21.9 Å². The highest BCUT2D eigenvalue weighted by Gasteiger charge is 2.15. The van der Waals surface area contributed by atoms with Crippen LogP contribution in [-0.2, 0) is 6.54 Å². The molecule has 0 aliphatic carbocycles. The minimum atomic E-state index is -0.381. The molecule has 0 fully saturated rings. The van der Waals surface area contributed by atoms with Crippen molar-refractivity contribution in [2.24, 2.45) is 0 Å². The van der Waals surface area contributed by atoms with Crippen LogP contribution in [0.2, 0.25) is 0 Å². The molecule has 0 saturated carbocycles. The Labute approximate surface area is 192 Å². The lowest BCUT2D eigenvalue weighted by Gasteiger charge is -2.23. The predicted octanol–water partition coefficient (Wildman–Crippen LogP) is 3.34. The summed E-state index contributed by atoms with van der Waals surface area (Å²) in [4.78, 5) is 31.0. The van der Waals surface area contributed by atoms with E-state index in [0.717, 1.165) is 5.56 Å². The molecule has 3 amide bonds. The van der Waals surface area contributed by atoms with E-state index in [1.165, 1.54) is 0 Å². The zero-order valence-corrected chi connectivity index (χ0v) is 18.3. The van der Waals surface area contributed by atoms with E-state index < -0.39 is 0 Å². The van der Waals surface area contributed by atoms with E-state index >= 15 is 0 Å². The van der Waals surface area contributed by atoms with E-state index in [1.807, 2.05) is 0 Å². The van der Waals surface area contributed by atoms with Crippen molar-refractivity contribution in [3.05, 3.63) is 78.1 Å². The standard InChI is InChI=1S/C24H27N5O4/c1-33-19-10-8-18(9-11-19)27-24(32)29(13-4-14-30)16-17-7-12-22(26-15-17)23(31)28-21-6-3-2-5-20(21)25/h2-3,5-12,15,30H,4,13-14,16,25H2,1H3,(H,27,32)(H,28,31). The van der Waals surface area contributed by atoms with Crippen molar-refractivity contribution < 1.29 is 19.4 Å². The third-order valence-electron chi connectivity index (χ3n) is 4.85. The number of para-hydroxylation sites is 2. The van der Waals surface area contributed by atoms with Crippen molar-refractivity contribution in [3.63, 3.8) is 0 Å². The molecule has 0 radical (unpaired) electrons. The van der Waals surface area contributed by atoms with Crippen molar-refractivity contribution in [2.75, 3.05) is 36.6 Å². The van der Waals surface area contributed by atoms with Gasteiger partial charge in [-0.05, 0) is 54.4 Å². The minimum absolute atomic E-state index is 0.0354. The highest BCUT2D eigenvalue weighted by molar-refractivity contribution is 6.04. The number of methoxy groups -OCH3 is 1. The Bertz CT molecular complexity index is 1070. The molecule has 0 atom stereocenters. The molecule has 2 aromatic carbocycles. The summed E-state index contributed by atoms with van der Waals surface area (Å²) in [5.41, 5.74) is 8.43. The number of aliphatic hydroxyl groups excluding tert-OH is 1. The van der Waals surface area contributed by atoms with Gasteiger partial charge in [0.2, 0.25) is 0 Å². The topological polar surface area (TPSA) is 130 Å². The highest BCUT2D eigenvalue weighted by atomic mass is 16.5. The van der Waals surface area contributed by atoms with Crippen LogP contribution < -0.4 is 21.1 Å². The fraction of sp³-hybridized carbons (Fsp3) is 0.208. The van der Waals surface area contributed by atoms with Gasteiger partial charge < -0.3 is 31.1 Å². The molecule has 33 heavy (non-hydrogen) atoms. The molecule has 3 rings (SSSR count). The number of ether oxygens (including phenoxy) is 1. The second-order valence-electron chi connectivity index (χ2n) is 7.25. The van der Waals surface area contributed by atoms with Gasteiger partial charge in [0.15, 0.2) is 0 Å². The van der Waals surface area contributed by atoms with Gasteiger partial charge in [0.25, 0.3) is 5.91 Å². The van der Waals surface area contributed by atoms with E-state index in [4.69, 9.17) is 10.5 Å². The summed E-state index contributed by atoms with van der Waals surface area (Å²) in [7, 11) is 1.57. The first-order valence-electron chi connectivity index (χ1n) is 10.4. The van der Waals surface area contributed by atoms with E-state index in [2.05, 4.69) is 15.6 Å². The summed E-state index contributed by atoms with van der Waals surface area (Å²) >= 11 is 0. The zero-order valence-electron chi connectivity index (χ0n) is 18.3. The number of carbonyl (C=O) groups excluding carboxylic acids is 2. The number of aromatic nitrogens is 1. The van der Waals surface area contributed by atoms with Crippen molar-refractivity contribution in [3.8, 4) is 5.75 Å². The highest BCUT2D eigenvalue weighted by Crippen LogP contribution is 2.18. The van der Waals surface area contributed by atoms with Gasteiger partial charge in [-0.25, -0.2) is 4.79 Å². The number of hydrogen-bond donors (Lipinski definition) is 4. The summed E-state index contributed by atoms with van der Waals surface area (Å²) < 4.78 is 5.13. The molecule has 9 nitrogen and oxygen atoms in total. The van der Waals surface area contributed by atoms with E-state index in [9.17, 15) is 14.7 Å². The number of amides is 3. The van der Waals surface area contributed by atoms with Gasteiger partial charge in [-0.1, -0.05) is 18.2 Å². The monoisotopic (exact) mass is 449 g/mol. The molecular weight excluding hydrogens is 422 g/mol. The second kappa shape index (κ2) is 11.5. The fourth-order valence-electron chi connectivity index (χ4n) is 3.06. The van der Waals surface area contributed by atoms with Gasteiger partial charge in [0.05, 0.1) is 18.5 Å². The molecule has 0 unspecified atom stereocenters. The summed E-state index contributed by atoms with van der Waals surface area (Å²) in [6, 6.07) is 17.0. The number of benzene rings is 2. The fourth-order valence-corrected chi connectivity index (χ4v) is 3.06. The first kappa shape index (κ1) is 23.6. The number of urea groups is 1. The molecule has 172 valence electrons. The number of carbonyl (C=O) groups is 2. The molecule has 0 aliphatic rings. The Hall–Kier alpha value is -4.11. The number of rotatable bonds is 9. The first-order chi connectivity index (χ1) is 16.0. The van der Waals surface area contributed by atoms with Crippen LogP contribution in [0.15, 0.2) is 66.9 Å². The minimum Gasteiger partial charge on any atom is -0.497 e. The average Bonchev–Trinajstić information content (AvgIpc) is 2.84. The summed E-state index contributed by atoms with van der Waals surface area (Å²) in [6.45, 7) is 0.586. The third kappa shape index (κ3) is 6.68. The van der Waals surface area contributed by atoms with Crippen molar-refractivity contribution in [1.82, 2.24) is 9.88 Å². The Kier molecular flexibility index (Phi) is 8.20. The van der Waals surface area contributed by atoms with Crippen LogP contribution in [0.5, 0.6) is 5.75 Å². The lowest BCUT2D eigenvalue weighted by Crippen LogP contribution is -2.35.